The van der Waals surface area contributed by atoms with Crippen molar-refractivity contribution in [3.63, 3.8) is 0 Å². The van der Waals surface area contributed by atoms with Crippen LogP contribution < -0.4 is 0 Å². The molecule has 1 aromatic rings. The SMILES string of the molecule is CN(Cc1ccc(Br)cc1Cl)C1CCCCC1. The minimum absolute atomic E-state index is 0.739. The molecule has 0 amide bonds. The van der Waals surface area contributed by atoms with E-state index in [4.69, 9.17) is 11.6 Å². The Bertz CT molecular complexity index is 374. The Morgan fingerprint density at radius 1 is 1.29 bits per heavy atom. The standard InChI is InChI=1S/C14H19BrClN/c1-17(13-5-3-2-4-6-13)10-11-7-8-12(15)9-14(11)16/h7-9,13H,2-6,10H2,1H3. The van der Waals surface area contributed by atoms with Crippen LogP contribution in [0.25, 0.3) is 0 Å². The highest BCUT2D eigenvalue weighted by atomic mass is 79.9. The molecule has 2 rings (SSSR count). The molecule has 1 aliphatic rings. The van der Waals surface area contributed by atoms with Gasteiger partial charge in [0.05, 0.1) is 0 Å². The summed E-state index contributed by atoms with van der Waals surface area (Å²) in [6, 6.07) is 6.90. The van der Waals surface area contributed by atoms with Crippen LogP contribution in [0.2, 0.25) is 5.02 Å². The first-order chi connectivity index (χ1) is 8.16. The zero-order chi connectivity index (χ0) is 12.3. The normalized spacial score (nSPS) is 17.6. The molecular formula is C14H19BrClN. The van der Waals surface area contributed by atoms with E-state index in [2.05, 4.69) is 40.0 Å². The molecular weight excluding hydrogens is 298 g/mol. The lowest BCUT2D eigenvalue weighted by atomic mass is 9.94. The van der Waals surface area contributed by atoms with E-state index < -0.39 is 0 Å². The molecule has 3 heteroatoms. The summed E-state index contributed by atoms with van der Waals surface area (Å²) in [6.45, 7) is 0.955. The fourth-order valence-electron chi connectivity index (χ4n) is 2.57. The molecule has 0 aromatic heterocycles. The van der Waals surface area contributed by atoms with Crippen molar-refractivity contribution in [1.82, 2.24) is 4.90 Å². The highest BCUT2D eigenvalue weighted by Crippen LogP contribution is 2.26. The van der Waals surface area contributed by atoms with Crippen LogP contribution in [0.4, 0.5) is 0 Å². The molecule has 1 aliphatic carbocycles. The predicted molar refractivity (Wildman–Crippen MR) is 77.5 cm³/mol. The molecule has 0 saturated heterocycles. The second-order valence-electron chi connectivity index (χ2n) is 4.94. The van der Waals surface area contributed by atoms with Gasteiger partial charge in [0.25, 0.3) is 0 Å². The second-order valence-corrected chi connectivity index (χ2v) is 6.27. The summed E-state index contributed by atoms with van der Waals surface area (Å²) >= 11 is 9.70. The van der Waals surface area contributed by atoms with E-state index in [1.54, 1.807) is 0 Å². The first-order valence-electron chi connectivity index (χ1n) is 6.31. The lowest BCUT2D eigenvalue weighted by Crippen LogP contribution is -2.32. The summed E-state index contributed by atoms with van der Waals surface area (Å²) in [5, 5.41) is 0.863. The molecule has 17 heavy (non-hydrogen) atoms. The van der Waals surface area contributed by atoms with Crippen LogP contribution in [0.3, 0.4) is 0 Å². The van der Waals surface area contributed by atoms with E-state index in [0.717, 1.165) is 22.1 Å². The maximum absolute atomic E-state index is 6.26. The summed E-state index contributed by atoms with van der Waals surface area (Å²) in [5.74, 6) is 0. The van der Waals surface area contributed by atoms with E-state index >= 15 is 0 Å². The lowest BCUT2D eigenvalue weighted by Gasteiger charge is -2.31. The topological polar surface area (TPSA) is 3.24 Å². The molecule has 1 saturated carbocycles. The molecule has 0 heterocycles. The Kier molecular flexibility index (Phi) is 4.89. The minimum atomic E-state index is 0.739. The van der Waals surface area contributed by atoms with Gasteiger partial charge in [-0.25, -0.2) is 0 Å². The van der Waals surface area contributed by atoms with Crippen molar-refractivity contribution < 1.29 is 0 Å². The molecule has 0 atom stereocenters. The number of benzene rings is 1. The number of rotatable bonds is 3. The fourth-order valence-corrected chi connectivity index (χ4v) is 3.30. The number of halogens is 2. The molecule has 0 N–H and O–H groups in total. The summed E-state index contributed by atoms with van der Waals surface area (Å²) in [6.07, 6.45) is 6.84. The van der Waals surface area contributed by atoms with E-state index in [1.165, 1.54) is 37.7 Å². The Hall–Kier alpha value is -0.0500. The van der Waals surface area contributed by atoms with Gasteiger partial charge in [0.15, 0.2) is 0 Å². The molecule has 0 radical (unpaired) electrons. The Morgan fingerprint density at radius 3 is 2.65 bits per heavy atom. The molecule has 1 nitrogen and oxygen atoms in total. The molecule has 0 aliphatic heterocycles. The quantitative estimate of drug-likeness (QED) is 0.769. The molecule has 1 aromatic carbocycles. The summed E-state index contributed by atoms with van der Waals surface area (Å²) < 4.78 is 1.05. The molecule has 1 fully saturated rings. The minimum Gasteiger partial charge on any atom is -0.299 e. The predicted octanol–water partition coefficient (Wildman–Crippen LogP) is 4.87. The van der Waals surface area contributed by atoms with E-state index in [1.807, 2.05) is 6.07 Å². The van der Waals surface area contributed by atoms with E-state index in [-0.39, 0.29) is 0 Å². The molecule has 0 unspecified atom stereocenters. The Labute approximate surface area is 117 Å². The van der Waals surface area contributed by atoms with Crippen molar-refractivity contribution in [3.8, 4) is 0 Å². The van der Waals surface area contributed by atoms with Crippen LogP contribution in [-0.2, 0) is 6.54 Å². The van der Waals surface area contributed by atoms with Gasteiger partial charge in [-0.15, -0.1) is 0 Å². The van der Waals surface area contributed by atoms with Gasteiger partial charge < -0.3 is 0 Å². The highest BCUT2D eigenvalue weighted by molar-refractivity contribution is 9.10. The Morgan fingerprint density at radius 2 is 2.00 bits per heavy atom. The average molecular weight is 317 g/mol. The van der Waals surface area contributed by atoms with E-state index in [0.29, 0.717) is 0 Å². The monoisotopic (exact) mass is 315 g/mol. The zero-order valence-electron chi connectivity index (χ0n) is 10.3. The molecule has 94 valence electrons. The number of hydrogen-bond acceptors (Lipinski definition) is 1. The third-order valence-corrected chi connectivity index (χ3v) is 4.48. The first-order valence-corrected chi connectivity index (χ1v) is 7.48. The summed E-state index contributed by atoms with van der Waals surface area (Å²) in [7, 11) is 2.22. The zero-order valence-corrected chi connectivity index (χ0v) is 12.6. The third kappa shape index (κ3) is 3.70. The second kappa shape index (κ2) is 6.21. The summed E-state index contributed by atoms with van der Waals surface area (Å²) in [5.41, 5.74) is 1.22. The maximum atomic E-state index is 6.26. The fraction of sp³-hybridized carbons (Fsp3) is 0.571. The van der Waals surface area contributed by atoms with Gasteiger partial charge in [-0.05, 0) is 37.6 Å². The van der Waals surface area contributed by atoms with Gasteiger partial charge >= 0.3 is 0 Å². The van der Waals surface area contributed by atoms with Gasteiger partial charge in [0.1, 0.15) is 0 Å². The smallest absolute Gasteiger partial charge is 0.0462 e. The van der Waals surface area contributed by atoms with Crippen molar-refractivity contribution >= 4 is 27.5 Å². The summed E-state index contributed by atoms with van der Waals surface area (Å²) in [4.78, 5) is 2.45. The first kappa shape index (κ1) is 13.4. The van der Waals surface area contributed by atoms with Crippen molar-refractivity contribution in [1.29, 1.82) is 0 Å². The van der Waals surface area contributed by atoms with Crippen LogP contribution in [0.5, 0.6) is 0 Å². The van der Waals surface area contributed by atoms with Gasteiger partial charge in [0.2, 0.25) is 0 Å². The number of hydrogen-bond donors (Lipinski definition) is 0. The maximum Gasteiger partial charge on any atom is 0.0462 e. The van der Waals surface area contributed by atoms with E-state index in [9.17, 15) is 0 Å². The third-order valence-electron chi connectivity index (χ3n) is 3.63. The van der Waals surface area contributed by atoms with Gasteiger partial charge in [0, 0.05) is 22.1 Å². The highest BCUT2D eigenvalue weighted by Gasteiger charge is 2.18. The van der Waals surface area contributed by atoms with Crippen molar-refractivity contribution in [2.45, 2.75) is 44.7 Å². The van der Waals surface area contributed by atoms with Crippen LogP contribution in [0.1, 0.15) is 37.7 Å². The van der Waals surface area contributed by atoms with Crippen LogP contribution >= 0.6 is 27.5 Å². The van der Waals surface area contributed by atoms with Crippen LogP contribution in [0, 0.1) is 0 Å². The van der Waals surface area contributed by atoms with Gasteiger partial charge in [-0.3, -0.25) is 4.90 Å². The molecule has 0 bridgehead atoms. The largest absolute Gasteiger partial charge is 0.299 e. The average Bonchev–Trinajstić information content (AvgIpc) is 2.34. The Balaban J connectivity index is 1.99. The lowest BCUT2D eigenvalue weighted by molar-refractivity contribution is 0.184. The van der Waals surface area contributed by atoms with Crippen molar-refractivity contribution in [2.24, 2.45) is 0 Å². The van der Waals surface area contributed by atoms with Gasteiger partial charge in [-0.2, -0.15) is 0 Å². The van der Waals surface area contributed by atoms with Crippen LogP contribution in [0.15, 0.2) is 22.7 Å². The van der Waals surface area contributed by atoms with Crippen LogP contribution in [-0.4, -0.2) is 18.0 Å². The van der Waals surface area contributed by atoms with Crippen molar-refractivity contribution in [2.75, 3.05) is 7.05 Å². The van der Waals surface area contributed by atoms with Crippen molar-refractivity contribution in [3.05, 3.63) is 33.3 Å². The molecule has 0 spiro atoms. The number of nitrogens with zero attached hydrogens (tertiary/aromatic N) is 1. The van der Waals surface area contributed by atoms with Gasteiger partial charge in [-0.1, -0.05) is 52.9 Å².